The summed E-state index contributed by atoms with van der Waals surface area (Å²) >= 11 is 0. The van der Waals surface area contributed by atoms with Crippen LogP contribution in [-0.2, 0) is 11.3 Å². The number of carbonyl (C=O) groups excluding carboxylic acids is 1. The van der Waals surface area contributed by atoms with Crippen LogP contribution in [0.4, 0.5) is 10.5 Å². The van der Waals surface area contributed by atoms with Gasteiger partial charge in [-0.3, -0.25) is 9.67 Å². The van der Waals surface area contributed by atoms with Gasteiger partial charge in [0.25, 0.3) is 0 Å². The zero-order chi connectivity index (χ0) is 16.2. The fourth-order valence-corrected chi connectivity index (χ4v) is 2.72. The van der Waals surface area contributed by atoms with E-state index in [1.165, 1.54) is 0 Å². The van der Waals surface area contributed by atoms with Gasteiger partial charge < -0.3 is 15.4 Å². The summed E-state index contributed by atoms with van der Waals surface area (Å²) in [7, 11) is 0. The van der Waals surface area contributed by atoms with E-state index in [9.17, 15) is 4.79 Å². The third-order valence-corrected chi connectivity index (χ3v) is 3.87. The van der Waals surface area contributed by atoms with Crippen molar-refractivity contribution in [2.45, 2.75) is 39.0 Å². The summed E-state index contributed by atoms with van der Waals surface area (Å²) in [6, 6.07) is 3.29. The van der Waals surface area contributed by atoms with E-state index in [0.29, 0.717) is 6.61 Å². The summed E-state index contributed by atoms with van der Waals surface area (Å²) in [5, 5.41) is 10.1. The first-order chi connectivity index (χ1) is 11.2. The minimum Gasteiger partial charge on any atom is -0.371 e. The normalized spacial score (nSPS) is 20.4. The van der Waals surface area contributed by atoms with Gasteiger partial charge in [0.15, 0.2) is 0 Å². The van der Waals surface area contributed by atoms with E-state index in [4.69, 9.17) is 4.74 Å². The average Bonchev–Trinajstić information content (AvgIpc) is 3.15. The zero-order valence-electron chi connectivity index (χ0n) is 13.3. The fraction of sp³-hybridized carbons (Fsp3) is 0.438. The molecular formula is C16H21N5O2. The van der Waals surface area contributed by atoms with E-state index in [1.54, 1.807) is 18.5 Å². The van der Waals surface area contributed by atoms with E-state index >= 15 is 0 Å². The van der Waals surface area contributed by atoms with Gasteiger partial charge in [0, 0.05) is 42.5 Å². The molecule has 122 valence electrons. The second-order valence-corrected chi connectivity index (χ2v) is 5.60. The second kappa shape index (κ2) is 6.78. The molecule has 2 atom stereocenters. The third-order valence-electron chi connectivity index (χ3n) is 3.87. The van der Waals surface area contributed by atoms with Crippen LogP contribution in [0.1, 0.15) is 30.7 Å². The average molecular weight is 315 g/mol. The highest BCUT2D eigenvalue weighted by molar-refractivity contribution is 5.89. The lowest BCUT2D eigenvalue weighted by atomic mass is 10.1. The van der Waals surface area contributed by atoms with Crippen LogP contribution in [0, 0.1) is 6.92 Å². The van der Waals surface area contributed by atoms with E-state index < -0.39 is 0 Å². The molecule has 0 saturated carbocycles. The molecule has 1 saturated heterocycles. The molecule has 0 aromatic carbocycles. The maximum absolute atomic E-state index is 12.2. The van der Waals surface area contributed by atoms with Gasteiger partial charge in [0.05, 0.1) is 12.2 Å². The number of aromatic nitrogens is 3. The van der Waals surface area contributed by atoms with Crippen LogP contribution in [0.2, 0.25) is 0 Å². The largest absolute Gasteiger partial charge is 0.371 e. The number of anilines is 1. The van der Waals surface area contributed by atoms with Crippen molar-refractivity contribution in [3.8, 4) is 0 Å². The molecule has 1 fully saturated rings. The van der Waals surface area contributed by atoms with E-state index in [1.807, 2.05) is 30.8 Å². The van der Waals surface area contributed by atoms with Gasteiger partial charge in [-0.2, -0.15) is 5.10 Å². The van der Waals surface area contributed by atoms with Gasteiger partial charge in [-0.05, 0) is 32.4 Å². The standard InChI is InChI=1S/C16H21N5O2/c1-3-21-10-12(9-18-21)15-14(5-7-23-15)20-16(22)19-13-4-6-17-11(2)8-13/h4,6,8-10,14-15H,3,5,7H2,1-2H3,(H2,17,19,20,22)/t14-,15+/m0/s1. The van der Waals surface area contributed by atoms with Crippen molar-refractivity contribution in [1.82, 2.24) is 20.1 Å². The number of carbonyl (C=O) groups is 1. The van der Waals surface area contributed by atoms with Gasteiger partial charge in [0.1, 0.15) is 6.10 Å². The molecule has 2 aromatic heterocycles. The summed E-state index contributed by atoms with van der Waals surface area (Å²) in [5.74, 6) is 0. The minimum absolute atomic E-state index is 0.0626. The second-order valence-electron chi connectivity index (χ2n) is 5.60. The lowest BCUT2D eigenvalue weighted by molar-refractivity contribution is 0.100. The van der Waals surface area contributed by atoms with Crippen molar-refractivity contribution in [2.75, 3.05) is 11.9 Å². The Bertz CT molecular complexity index is 685. The molecule has 2 N–H and O–H groups in total. The topological polar surface area (TPSA) is 81.1 Å². The minimum atomic E-state index is -0.237. The SMILES string of the molecule is CCn1cc([C@H]2OCC[C@@H]2NC(=O)Nc2ccnc(C)c2)cn1. The number of ether oxygens (including phenoxy) is 1. The van der Waals surface area contributed by atoms with Crippen molar-refractivity contribution >= 4 is 11.7 Å². The highest BCUT2D eigenvalue weighted by atomic mass is 16.5. The van der Waals surface area contributed by atoms with Crippen molar-refractivity contribution in [1.29, 1.82) is 0 Å². The molecule has 3 rings (SSSR count). The molecule has 2 amide bonds. The number of nitrogens with zero attached hydrogens (tertiary/aromatic N) is 3. The fourth-order valence-electron chi connectivity index (χ4n) is 2.72. The van der Waals surface area contributed by atoms with Gasteiger partial charge in [-0.15, -0.1) is 0 Å². The number of rotatable bonds is 4. The van der Waals surface area contributed by atoms with Gasteiger partial charge in [-0.25, -0.2) is 4.79 Å². The molecule has 1 aliphatic rings. The lowest BCUT2D eigenvalue weighted by Crippen LogP contribution is -2.39. The van der Waals surface area contributed by atoms with Crippen molar-refractivity contribution < 1.29 is 9.53 Å². The van der Waals surface area contributed by atoms with Crippen LogP contribution in [0.15, 0.2) is 30.7 Å². The quantitative estimate of drug-likeness (QED) is 0.907. The van der Waals surface area contributed by atoms with Crippen LogP contribution >= 0.6 is 0 Å². The Labute approximate surface area is 135 Å². The number of amides is 2. The molecular weight excluding hydrogens is 294 g/mol. The number of hydrogen-bond acceptors (Lipinski definition) is 4. The molecule has 0 aliphatic carbocycles. The molecule has 0 unspecified atom stereocenters. The van der Waals surface area contributed by atoms with E-state index in [2.05, 4.69) is 20.7 Å². The Balaban J connectivity index is 1.63. The zero-order valence-corrected chi connectivity index (χ0v) is 13.3. The van der Waals surface area contributed by atoms with Crippen molar-refractivity contribution in [3.63, 3.8) is 0 Å². The molecule has 23 heavy (non-hydrogen) atoms. The Morgan fingerprint density at radius 1 is 1.52 bits per heavy atom. The maximum atomic E-state index is 12.2. The van der Waals surface area contributed by atoms with Gasteiger partial charge in [-0.1, -0.05) is 0 Å². The van der Waals surface area contributed by atoms with E-state index in [0.717, 1.165) is 29.9 Å². The lowest BCUT2D eigenvalue weighted by Gasteiger charge is -2.19. The Hall–Kier alpha value is -2.41. The molecule has 7 heteroatoms. The number of urea groups is 1. The Morgan fingerprint density at radius 3 is 3.13 bits per heavy atom. The summed E-state index contributed by atoms with van der Waals surface area (Å²) < 4.78 is 7.63. The Morgan fingerprint density at radius 2 is 2.39 bits per heavy atom. The number of hydrogen-bond donors (Lipinski definition) is 2. The molecule has 0 bridgehead atoms. The number of aryl methyl sites for hydroxylation is 2. The monoisotopic (exact) mass is 315 g/mol. The van der Waals surface area contributed by atoms with Crippen LogP contribution < -0.4 is 10.6 Å². The first-order valence-corrected chi connectivity index (χ1v) is 7.80. The van der Waals surface area contributed by atoms with Gasteiger partial charge >= 0.3 is 6.03 Å². The predicted octanol–water partition coefficient (Wildman–Crippen LogP) is 2.26. The highest BCUT2D eigenvalue weighted by Gasteiger charge is 2.31. The van der Waals surface area contributed by atoms with E-state index in [-0.39, 0.29) is 18.2 Å². The van der Waals surface area contributed by atoms with Crippen molar-refractivity contribution in [2.24, 2.45) is 0 Å². The van der Waals surface area contributed by atoms with Gasteiger partial charge in [0.2, 0.25) is 0 Å². The first kappa shape index (κ1) is 15.5. The smallest absolute Gasteiger partial charge is 0.319 e. The molecule has 2 aromatic rings. The summed E-state index contributed by atoms with van der Waals surface area (Å²) in [6.07, 6.45) is 6.07. The number of nitrogens with one attached hydrogen (secondary N) is 2. The van der Waals surface area contributed by atoms with Crippen LogP contribution in [-0.4, -0.2) is 33.4 Å². The molecule has 0 radical (unpaired) electrons. The van der Waals surface area contributed by atoms with Crippen LogP contribution in [0.5, 0.6) is 0 Å². The van der Waals surface area contributed by atoms with Crippen LogP contribution in [0.3, 0.4) is 0 Å². The molecule has 0 spiro atoms. The number of pyridine rings is 1. The summed E-state index contributed by atoms with van der Waals surface area (Å²) in [5.41, 5.74) is 2.58. The summed E-state index contributed by atoms with van der Waals surface area (Å²) in [6.45, 7) is 5.36. The maximum Gasteiger partial charge on any atom is 0.319 e. The Kier molecular flexibility index (Phi) is 4.57. The third kappa shape index (κ3) is 3.68. The van der Waals surface area contributed by atoms with Crippen molar-refractivity contribution in [3.05, 3.63) is 42.0 Å². The molecule has 7 nitrogen and oxygen atoms in total. The molecule has 1 aliphatic heterocycles. The molecule has 3 heterocycles. The summed E-state index contributed by atoms with van der Waals surface area (Å²) in [4.78, 5) is 16.3. The highest BCUT2D eigenvalue weighted by Crippen LogP contribution is 2.28. The van der Waals surface area contributed by atoms with Crippen LogP contribution in [0.25, 0.3) is 0 Å². The first-order valence-electron chi connectivity index (χ1n) is 7.80. The predicted molar refractivity (Wildman–Crippen MR) is 86.1 cm³/mol.